The second-order valence-corrected chi connectivity index (χ2v) is 5.51. The van der Waals surface area contributed by atoms with Crippen LogP contribution in [0.5, 0.6) is 0 Å². The van der Waals surface area contributed by atoms with E-state index < -0.39 is 0 Å². The Bertz CT molecular complexity index is 526. The molecule has 2 rings (SSSR count). The van der Waals surface area contributed by atoms with Crippen LogP contribution < -0.4 is 0 Å². The zero-order chi connectivity index (χ0) is 13.7. The van der Waals surface area contributed by atoms with Crippen LogP contribution in [0, 0.1) is 5.92 Å². The van der Waals surface area contributed by atoms with Crippen molar-refractivity contribution in [3.63, 3.8) is 0 Å². The third kappa shape index (κ3) is 4.24. The fourth-order valence-corrected chi connectivity index (χ4v) is 2.47. The van der Waals surface area contributed by atoms with E-state index in [0.29, 0.717) is 10.0 Å². The molecule has 1 atom stereocenters. The van der Waals surface area contributed by atoms with Gasteiger partial charge in [0.15, 0.2) is 0 Å². The van der Waals surface area contributed by atoms with Gasteiger partial charge in [0.05, 0.1) is 10.0 Å². The lowest BCUT2D eigenvalue weighted by atomic mass is 9.93. The fourth-order valence-electron chi connectivity index (χ4n) is 2.15. The van der Waals surface area contributed by atoms with Crippen LogP contribution in [-0.2, 0) is 12.8 Å². The van der Waals surface area contributed by atoms with Crippen molar-refractivity contribution in [3.8, 4) is 0 Å². The van der Waals surface area contributed by atoms with Crippen LogP contribution >= 0.6 is 23.2 Å². The Kier molecular flexibility index (Phi) is 5.26. The zero-order valence-electron chi connectivity index (χ0n) is 10.5. The maximum absolute atomic E-state index is 9.51. The molecule has 0 fully saturated rings. The van der Waals surface area contributed by atoms with Crippen molar-refractivity contribution >= 4 is 23.2 Å². The molecule has 0 aromatic heterocycles. The lowest BCUT2D eigenvalue weighted by Crippen LogP contribution is -2.13. The highest BCUT2D eigenvalue weighted by molar-refractivity contribution is 6.42. The molecule has 0 saturated heterocycles. The first-order valence-corrected chi connectivity index (χ1v) is 7.03. The second kappa shape index (κ2) is 6.95. The van der Waals surface area contributed by atoms with E-state index in [0.717, 1.165) is 18.4 Å². The molecule has 0 aliphatic carbocycles. The van der Waals surface area contributed by atoms with Gasteiger partial charge >= 0.3 is 0 Å². The number of hydrogen-bond acceptors (Lipinski definition) is 1. The molecule has 100 valence electrons. The first-order valence-electron chi connectivity index (χ1n) is 6.27. The monoisotopic (exact) mass is 294 g/mol. The summed E-state index contributed by atoms with van der Waals surface area (Å²) in [5.74, 6) is 0.194. The largest absolute Gasteiger partial charge is 0.396 e. The van der Waals surface area contributed by atoms with Crippen molar-refractivity contribution in [2.45, 2.75) is 12.8 Å². The smallest absolute Gasteiger partial charge is 0.0595 e. The van der Waals surface area contributed by atoms with Gasteiger partial charge < -0.3 is 5.11 Å². The molecule has 0 saturated carbocycles. The van der Waals surface area contributed by atoms with Gasteiger partial charge in [-0.1, -0.05) is 59.6 Å². The van der Waals surface area contributed by atoms with E-state index in [1.807, 2.05) is 30.3 Å². The van der Waals surface area contributed by atoms with Gasteiger partial charge in [0, 0.05) is 6.61 Å². The Morgan fingerprint density at radius 3 is 2.16 bits per heavy atom. The van der Waals surface area contributed by atoms with E-state index >= 15 is 0 Å². The first kappa shape index (κ1) is 14.4. The summed E-state index contributed by atoms with van der Waals surface area (Å²) in [5.41, 5.74) is 2.34. The van der Waals surface area contributed by atoms with Gasteiger partial charge in [-0.3, -0.25) is 0 Å². The second-order valence-electron chi connectivity index (χ2n) is 4.69. The topological polar surface area (TPSA) is 20.2 Å². The highest BCUT2D eigenvalue weighted by atomic mass is 35.5. The number of aliphatic hydroxyl groups is 1. The Morgan fingerprint density at radius 1 is 0.842 bits per heavy atom. The number of hydrogen-bond donors (Lipinski definition) is 1. The van der Waals surface area contributed by atoms with E-state index in [1.165, 1.54) is 5.56 Å². The molecule has 2 aromatic carbocycles. The molecule has 19 heavy (non-hydrogen) atoms. The van der Waals surface area contributed by atoms with Crippen LogP contribution in [0.1, 0.15) is 11.1 Å². The Hall–Kier alpha value is -1.02. The standard InChI is InChI=1S/C16H16Cl2O/c17-15-7-6-13(10-16(15)18)9-14(11-19)8-12-4-2-1-3-5-12/h1-7,10,14,19H,8-9,11H2. The Morgan fingerprint density at radius 2 is 1.53 bits per heavy atom. The summed E-state index contributed by atoms with van der Waals surface area (Å²) in [5, 5.41) is 10.6. The van der Waals surface area contributed by atoms with E-state index in [2.05, 4.69) is 12.1 Å². The maximum Gasteiger partial charge on any atom is 0.0595 e. The van der Waals surface area contributed by atoms with Crippen molar-refractivity contribution < 1.29 is 5.11 Å². The van der Waals surface area contributed by atoms with Crippen LogP contribution in [-0.4, -0.2) is 11.7 Å². The molecule has 0 aliphatic heterocycles. The molecule has 0 bridgehead atoms. The van der Waals surface area contributed by atoms with Gasteiger partial charge in [-0.05, 0) is 42.0 Å². The van der Waals surface area contributed by atoms with Gasteiger partial charge in [0.1, 0.15) is 0 Å². The third-order valence-electron chi connectivity index (χ3n) is 3.13. The van der Waals surface area contributed by atoms with Gasteiger partial charge in [0.25, 0.3) is 0 Å². The van der Waals surface area contributed by atoms with Crippen molar-refractivity contribution in [1.29, 1.82) is 0 Å². The molecular formula is C16H16Cl2O. The van der Waals surface area contributed by atoms with Gasteiger partial charge in [-0.15, -0.1) is 0 Å². The molecule has 3 heteroatoms. The molecule has 0 amide bonds. The SMILES string of the molecule is OCC(Cc1ccccc1)Cc1ccc(Cl)c(Cl)c1. The summed E-state index contributed by atoms with van der Waals surface area (Å²) in [6, 6.07) is 15.8. The molecule has 2 aromatic rings. The molecule has 0 heterocycles. The summed E-state index contributed by atoms with van der Waals surface area (Å²) in [7, 11) is 0. The van der Waals surface area contributed by atoms with Crippen LogP contribution in [0.4, 0.5) is 0 Å². The van der Waals surface area contributed by atoms with E-state index in [1.54, 1.807) is 6.07 Å². The van der Waals surface area contributed by atoms with Crippen LogP contribution in [0.2, 0.25) is 10.0 Å². The van der Waals surface area contributed by atoms with E-state index in [4.69, 9.17) is 23.2 Å². The van der Waals surface area contributed by atoms with E-state index in [-0.39, 0.29) is 12.5 Å². The first-order chi connectivity index (χ1) is 9.19. The molecule has 0 aliphatic rings. The molecular weight excluding hydrogens is 279 g/mol. The minimum atomic E-state index is 0.162. The number of benzene rings is 2. The fraction of sp³-hybridized carbons (Fsp3) is 0.250. The zero-order valence-corrected chi connectivity index (χ0v) is 12.0. The maximum atomic E-state index is 9.51. The van der Waals surface area contributed by atoms with Crippen molar-refractivity contribution in [3.05, 3.63) is 69.7 Å². The summed E-state index contributed by atoms with van der Waals surface area (Å²) in [6.45, 7) is 0.162. The van der Waals surface area contributed by atoms with Crippen molar-refractivity contribution in [2.24, 2.45) is 5.92 Å². The molecule has 0 spiro atoms. The van der Waals surface area contributed by atoms with Crippen LogP contribution in [0.15, 0.2) is 48.5 Å². The lowest BCUT2D eigenvalue weighted by molar-refractivity contribution is 0.225. The highest BCUT2D eigenvalue weighted by Crippen LogP contribution is 2.24. The van der Waals surface area contributed by atoms with Gasteiger partial charge in [0.2, 0.25) is 0 Å². The number of rotatable bonds is 5. The van der Waals surface area contributed by atoms with Crippen LogP contribution in [0.25, 0.3) is 0 Å². The predicted molar refractivity (Wildman–Crippen MR) is 80.9 cm³/mol. The van der Waals surface area contributed by atoms with Crippen LogP contribution in [0.3, 0.4) is 0 Å². The van der Waals surface area contributed by atoms with Gasteiger partial charge in [-0.25, -0.2) is 0 Å². The predicted octanol–water partition coefficient (Wildman–Crippen LogP) is 4.39. The molecule has 1 nitrogen and oxygen atoms in total. The third-order valence-corrected chi connectivity index (χ3v) is 3.87. The molecule has 0 radical (unpaired) electrons. The summed E-state index contributed by atoms with van der Waals surface area (Å²) in [4.78, 5) is 0. The number of halogens is 2. The molecule has 1 unspecified atom stereocenters. The minimum Gasteiger partial charge on any atom is -0.396 e. The van der Waals surface area contributed by atoms with E-state index in [9.17, 15) is 5.11 Å². The number of aliphatic hydroxyl groups excluding tert-OH is 1. The van der Waals surface area contributed by atoms with Crippen molar-refractivity contribution in [1.82, 2.24) is 0 Å². The average molecular weight is 295 g/mol. The summed E-state index contributed by atoms with van der Waals surface area (Å²) in [6.07, 6.45) is 1.65. The summed E-state index contributed by atoms with van der Waals surface area (Å²) < 4.78 is 0. The minimum absolute atomic E-state index is 0.162. The van der Waals surface area contributed by atoms with Gasteiger partial charge in [-0.2, -0.15) is 0 Å². The Balaban J connectivity index is 2.04. The van der Waals surface area contributed by atoms with Crippen molar-refractivity contribution in [2.75, 3.05) is 6.61 Å². The normalized spacial score (nSPS) is 12.4. The summed E-state index contributed by atoms with van der Waals surface area (Å²) >= 11 is 11.9. The average Bonchev–Trinajstić information content (AvgIpc) is 2.43. The molecule has 1 N–H and O–H groups in total. The Labute approximate surface area is 123 Å². The quantitative estimate of drug-likeness (QED) is 0.867. The lowest BCUT2D eigenvalue weighted by Gasteiger charge is -2.14. The highest BCUT2D eigenvalue weighted by Gasteiger charge is 2.10.